The molecule has 0 atom stereocenters. The Hall–Kier alpha value is -18.1. The zero-order chi connectivity index (χ0) is 88.0. The smallest absolute Gasteiger partial charge is 0.159 e. The minimum atomic E-state index is 0.786. The summed E-state index contributed by atoms with van der Waals surface area (Å²) in [6.07, 6.45) is 0. The minimum Gasteiger partial charge on any atom is -0.456 e. The predicted molar refractivity (Wildman–Crippen MR) is 556 cm³/mol. The Balaban J connectivity index is 0.000000139. The van der Waals surface area contributed by atoms with Crippen LogP contribution in [-0.2, 0) is 0 Å². The third kappa shape index (κ3) is 12.0. The van der Waals surface area contributed by atoms with E-state index in [0.717, 1.165) is 265 Å². The molecule has 0 unspecified atom stereocenters. The van der Waals surface area contributed by atoms with Crippen molar-refractivity contribution in [1.82, 2.24) is 0 Å². The summed E-state index contributed by atoms with van der Waals surface area (Å²) in [7, 11) is 0. The molecule has 10 heteroatoms. The van der Waals surface area contributed by atoms with Gasteiger partial charge in [-0.05, 0) is 118 Å². The van der Waals surface area contributed by atoms with E-state index in [9.17, 15) is 0 Å². The summed E-state index contributed by atoms with van der Waals surface area (Å²) in [5.41, 5.74) is 26.0. The van der Waals surface area contributed by atoms with E-state index in [1.807, 2.05) is 36.4 Å². The van der Waals surface area contributed by atoms with Crippen LogP contribution < -0.4 is 19.6 Å². The fourth-order valence-corrected chi connectivity index (χ4v) is 21.1. The van der Waals surface area contributed by atoms with E-state index in [0.29, 0.717) is 0 Å². The molecule has 0 radical (unpaired) electrons. The van der Waals surface area contributed by atoms with E-state index >= 15 is 0 Å². The van der Waals surface area contributed by atoms with Crippen LogP contribution in [0.25, 0.3) is 197 Å². The van der Waals surface area contributed by atoms with Gasteiger partial charge in [-0.2, -0.15) is 0 Å². The molecule has 0 saturated carbocycles. The maximum atomic E-state index is 7.29. The van der Waals surface area contributed by atoms with Gasteiger partial charge in [-0.25, -0.2) is 0 Å². The zero-order valence-electron chi connectivity index (χ0n) is 72.1. The van der Waals surface area contributed by atoms with Gasteiger partial charge in [-0.3, -0.25) is 0 Å². The largest absolute Gasteiger partial charge is 0.456 e. The number of para-hydroxylation sites is 12. The van der Waals surface area contributed by atoms with Gasteiger partial charge in [0.25, 0.3) is 0 Å². The highest BCUT2D eigenvalue weighted by Gasteiger charge is 2.32. The molecule has 0 aliphatic carbocycles. The van der Waals surface area contributed by atoms with Crippen LogP contribution in [0.5, 0.6) is 0 Å². The van der Waals surface area contributed by atoms with Gasteiger partial charge in [0, 0.05) is 144 Å². The van der Waals surface area contributed by atoms with Crippen molar-refractivity contribution in [3.8, 4) is 22.3 Å². The van der Waals surface area contributed by atoms with Gasteiger partial charge in [0.05, 0.1) is 45.5 Å². The van der Waals surface area contributed by atoms with Gasteiger partial charge < -0.3 is 46.1 Å². The first-order valence-electron chi connectivity index (χ1n) is 45.3. The van der Waals surface area contributed by atoms with Gasteiger partial charge in [0.2, 0.25) is 0 Å². The molecule has 0 amide bonds. The van der Waals surface area contributed by atoms with Crippen molar-refractivity contribution < 1.29 is 26.5 Å². The molecule has 628 valence electrons. The molecule has 22 aromatic carbocycles. The standard InChI is InChI=1S/C68H42N2O3.C56H34N2O3/c1-5-21-43(22-6-1)47-33-17-35-53-55-37-19-39-57(67(55)72-65(47)53)69(45-25-9-3-10-26-45)59-41-61-63(51-31-15-13-29-49(51)59)64-52-32-16-14-30-50(52)60(42-62(64)71-61)70(46-27-11-4-12-28-46)58-40-20-38-56-54-36-18-34-48(66(54)73-68(56)58)44-23-7-2-8-24-44;1-3-17-35(18-4-1)57(45-29-15-27-43-39-23-11-13-31-49(39)60-55(43)45)47-33-51-53(41-25-9-7-21-37(41)47)54-42-26-10-8-22-38(42)48(34-52(54)59-51)58(36-19-5-2-6-20-36)46-30-16-28-44-40-24-12-14-32-50(40)61-56(44)46/h1-42H;1-34H. The van der Waals surface area contributed by atoms with Crippen molar-refractivity contribution in [1.29, 1.82) is 0 Å². The molecule has 0 fully saturated rings. The first-order chi connectivity index (χ1) is 66.5. The van der Waals surface area contributed by atoms with Crippen LogP contribution in [0, 0.1) is 0 Å². The molecule has 6 heterocycles. The molecule has 0 spiro atoms. The number of rotatable bonds is 14. The quantitative estimate of drug-likeness (QED) is 0.105. The van der Waals surface area contributed by atoms with Gasteiger partial charge in [0.1, 0.15) is 44.7 Å². The van der Waals surface area contributed by atoms with Crippen LogP contribution in [0.1, 0.15) is 0 Å². The number of hydrogen-bond acceptors (Lipinski definition) is 10. The van der Waals surface area contributed by atoms with Gasteiger partial charge in [-0.1, -0.05) is 352 Å². The molecular weight excluding hydrogens is 1640 g/mol. The van der Waals surface area contributed by atoms with Gasteiger partial charge in [0.15, 0.2) is 22.3 Å². The topological polar surface area (TPSA) is 91.8 Å². The fourth-order valence-electron chi connectivity index (χ4n) is 21.1. The van der Waals surface area contributed by atoms with Crippen molar-refractivity contribution in [3.63, 3.8) is 0 Å². The maximum absolute atomic E-state index is 7.29. The molecule has 0 saturated heterocycles. The lowest BCUT2D eigenvalue weighted by Gasteiger charge is -2.27. The summed E-state index contributed by atoms with van der Waals surface area (Å²) in [6, 6.07) is 162. The van der Waals surface area contributed by atoms with Crippen LogP contribution in [0.15, 0.2) is 488 Å². The van der Waals surface area contributed by atoms with Crippen LogP contribution in [0.2, 0.25) is 0 Å². The molecule has 0 bridgehead atoms. The van der Waals surface area contributed by atoms with Crippen molar-refractivity contribution in [2.45, 2.75) is 0 Å². The van der Waals surface area contributed by atoms with Gasteiger partial charge >= 0.3 is 0 Å². The second kappa shape index (κ2) is 30.8. The molecule has 0 aliphatic rings. The number of fused-ring (bicyclic) bond motifs is 26. The number of benzene rings is 22. The number of anilines is 12. The third-order valence-electron chi connectivity index (χ3n) is 26.8. The Morgan fingerprint density at radius 3 is 0.619 bits per heavy atom. The Morgan fingerprint density at radius 2 is 0.336 bits per heavy atom. The number of hydrogen-bond donors (Lipinski definition) is 0. The Labute approximate surface area is 767 Å². The minimum absolute atomic E-state index is 0.786. The first-order valence-corrected chi connectivity index (χ1v) is 45.3. The van der Waals surface area contributed by atoms with Crippen LogP contribution in [-0.4, -0.2) is 0 Å². The summed E-state index contributed by atoms with van der Waals surface area (Å²) in [5.74, 6) is 0. The lowest BCUT2D eigenvalue weighted by Crippen LogP contribution is -2.11. The van der Waals surface area contributed by atoms with Gasteiger partial charge in [-0.15, -0.1) is 0 Å². The Morgan fingerprint density at radius 1 is 0.127 bits per heavy atom. The molecule has 6 aromatic heterocycles. The van der Waals surface area contributed by atoms with E-state index in [4.69, 9.17) is 26.5 Å². The summed E-state index contributed by atoms with van der Waals surface area (Å²) < 4.78 is 42.0. The highest BCUT2D eigenvalue weighted by atomic mass is 16.4. The van der Waals surface area contributed by atoms with Crippen LogP contribution >= 0.6 is 0 Å². The van der Waals surface area contributed by atoms with E-state index in [1.54, 1.807) is 0 Å². The molecule has 134 heavy (non-hydrogen) atoms. The highest BCUT2D eigenvalue weighted by Crippen LogP contribution is 2.56. The fraction of sp³-hybridized carbons (Fsp3) is 0. The van der Waals surface area contributed by atoms with Crippen LogP contribution in [0.3, 0.4) is 0 Å². The molecule has 0 N–H and O–H groups in total. The second-order valence-corrected chi connectivity index (χ2v) is 34.3. The van der Waals surface area contributed by atoms with Crippen molar-refractivity contribution >= 4 is 243 Å². The average Bonchev–Trinajstić information content (AvgIpc) is 1.51. The lowest BCUT2D eigenvalue weighted by atomic mass is 9.96. The SMILES string of the molecule is c1ccc(-c2cccc3c2oc2c(N(c4ccccc4)c4cc5oc6cc(N(c7ccccc7)c7cccc8c7oc7c(-c9ccccc9)cccc78)c7ccccc7c6c5c5ccccc45)cccc23)cc1.c1ccc(N(c2cc3oc4cc(N(c5ccccc5)c5cccc6c5oc5ccccc56)c5ccccc5c4c3c3ccccc23)c2cccc3c2oc2ccccc23)cc1. The van der Waals surface area contributed by atoms with E-state index in [2.05, 4.69) is 444 Å². The van der Waals surface area contributed by atoms with Crippen molar-refractivity contribution in [2.24, 2.45) is 0 Å². The maximum Gasteiger partial charge on any atom is 0.159 e. The monoisotopic (exact) mass is 1720 g/mol. The summed E-state index contributed by atoms with van der Waals surface area (Å²) >= 11 is 0. The number of nitrogens with zero attached hydrogens (tertiary/aromatic N) is 4. The highest BCUT2D eigenvalue weighted by molar-refractivity contribution is 6.33. The molecule has 0 aliphatic heterocycles. The Kier molecular flexibility index (Phi) is 17.5. The summed E-state index contributed by atoms with van der Waals surface area (Å²) in [6.45, 7) is 0. The third-order valence-corrected chi connectivity index (χ3v) is 26.8. The van der Waals surface area contributed by atoms with Crippen molar-refractivity contribution in [3.05, 3.63) is 461 Å². The van der Waals surface area contributed by atoms with Crippen LogP contribution in [0.4, 0.5) is 68.2 Å². The summed E-state index contributed by atoms with van der Waals surface area (Å²) in [5, 5.41) is 21.7. The normalized spacial score (nSPS) is 11.9. The predicted octanol–water partition coefficient (Wildman–Crippen LogP) is 36.6. The molecule has 28 aromatic rings. The number of furan rings is 6. The lowest BCUT2D eigenvalue weighted by molar-refractivity contribution is 0.667. The second-order valence-electron chi connectivity index (χ2n) is 34.3. The van der Waals surface area contributed by atoms with E-state index in [-0.39, 0.29) is 0 Å². The summed E-state index contributed by atoms with van der Waals surface area (Å²) in [4.78, 5) is 9.29. The molecule has 28 rings (SSSR count). The Bertz CT molecular complexity index is 9010. The van der Waals surface area contributed by atoms with E-state index in [1.165, 1.54) is 0 Å². The average molecular weight is 1720 g/mol. The van der Waals surface area contributed by atoms with E-state index < -0.39 is 0 Å². The zero-order valence-corrected chi connectivity index (χ0v) is 72.1. The molecule has 10 nitrogen and oxygen atoms in total. The molecular formula is C124H76N4O6. The first kappa shape index (κ1) is 76.0. The van der Waals surface area contributed by atoms with Crippen molar-refractivity contribution in [2.75, 3.05) is 19.6 Å².